The first-order chi connectivity index (χ1) is 14.5. The molecule has 1 saturated heterocycles. The smallest absolute Gasteiger partial charge is 0.338 e. The van der Waals surface area contributed by atoms with Crippen molar-refractivity contribution >= 4 is 29.4 Å². The zero-order chi connectivity index (χ0) is 21.1. The van der Waals surface area contributed by atoms with Crippen LogP contribution in [0.4, 0.5) is 5.69 Å². The predicted molar refractivity (Wildman–Crippen MR) is 106 cm³/mol. The number of imide groups is 1. The molecule has 4 rings (SSSR count). The van der Waals surface area contributed by atoms with E-state index >= 15 is 0 Å². The van der Waals surface area contributed by atoms with Gasteiger partial charge in [-0.2, -0.15) is 0 Å². The number of fused-ring (bicyclic) bond motifs is 1. The Morgan fingerprint density at radius 2 is 1.83 bits per heavy atom. The molecule has 154 valence electrons. The number of hydrogen-bond acceptors (Lipinski definition) is 6. The van der Waals surface area contributed by atoms with E-state index in [2.05, 4.69) is 5.32 Å². The lowest BCUT2D eigenvalue weighted by Gasteiger charge is -2.17. The summed E-state index contributed by atoms with van der Waals surface area (Å²) in [6, 6.07) is 13.0. The van der Waals surface area contributed by atoms with Gasteiger partial charge in [0.1, 0.15) is 0 Å². The van der Waals surface area contributed by atoms with E-state index in [1.807, 2.05) is 6.07 Å². The summed E-state index contributed by atoms with van der Waals surface area (Å²) in [5.74, 6) is -2.09. The summed E-state index contributed by atoms with van der Waals surface area (Å²) in [5.41, 5.74) is 1.09. The van der Waals surface area contributed by atoms with Crippen molar-refractivity contribution in [2.75, 3.05) is 25.1 Å². The molecule has 0 unspecified atom stereocenters. The topological polar surface area (TPSA) is 102 Å². The van der Waals surface area contributed by atoms with E-state index in [0.717, 1.165) is 17.7 Å². The van der Waals surface area contributed by atoms with Crippen LogP contribution in [0.15, 0.2) is 48.5 Å². The third-order valence-corrected chi connectivity index (χ3v) is 5.01. The maximum atomic E-state index is 12.7. The number of nitrogens with one attached hydrogen (secondary N) is 1. The summed E-state index contributed by atoms with van der Waals surface area (Å²) >= 11 is 0. The first kappa shape index (κ1) is 19.8. The highest BCUT2D eigenvalue weighted by molar-refractivity contribution is 6.22. The molecular weight excluding hydrogens is 388 g/mol. The minimum atomic E-state index is -0.751. The van der Waals surface area contributed by atoms with Gasteiger partial charge in [-0.25, -0.2) is 4.79 Å². The summed E-state index contributed by atoms with van der Waals surface area (Å²) < 4.78 is 10.5. The molecule has 0 aromatic heterocycles. The van der Waals surface area contributed by atoms with E-state index in [-0.39, 0.29) is 29.3 Å². The van der Waals surface area contributed by atoms with Gasteiger partial charge in [-0.15, -0.1) is 0 Å². The molecule has 2 aliphatic heterocycles. The van der Waals surface area contributed by atoms with Crippen molar-refractivity contribution in [3.63, 3.8) is 0 Å². The second-order valence-corrected chi connectivity index (χ2v) is 7.11. The van der Waals surface area contributed by atoms with Gasteiger partial charge < -0.3 is 14.8 Å². The van der Waals surface area contributed by atoms with Crippen LogP contribution in [-0.4, -0.2) is 54.5 Å². The zero-order valence-electron chi connectivity index (χ0n) is 16.1. The summed E-state index contributed by atoms with van der Waals surface area (Å²) in [4.78, 5) is 50.6. The summed E-state index contributed by atoms with van der Waals surface area (Å²) in [7, 11) is 0. The minimum Gasteiger partial charge on any atom is -0.452 e. The van der Waals surface area contributed by atoms with E-state index < -0.39 is 30.3 Å². The molecule has 0 spiro atoms. The molecule has 1 atom stereocenters. The van der Waals surface area contributed by atoms with Crippen molar-refractivity contribution in [2.45, 2.75) is 18.9 Å². The highest BCUT2D eigenvalue weighted by atomic mass is 16.5. The molecule has 0 bridgehead atoms. The number of esters is 1. The van der Waals surface area contributed by atoms with Crippen LogP contribution in [0.2, 0.25) is 0 Å². The molecule has 2 heterocycles. The Bertz CT molecular complexity index is 998. The first-order valence-corrected chi connectivity index (χ1v) is 9.67. The fraction of sp³-hybridized carbons (Fsp3) is 0.273. The van der Waals surface area contributed by atoms with Crippen LogP contribution in [0.5, 0.6) is 0 Å². The van der Waals surface area contributed by atoms with Crippen molar-refractivity contribution in [1.82, 2.24) is 4.90 Å². The van der Waals surface area contributed by atoms with Crippen molar-refractivity contribution in [3.05, 3.63) is 65.2 Å². The van der Waals surface area contributed by atoms with Crippen LogP contribution in [-0.2, 0) is 14.3 Å². The Hall–Kier alpha value is -3.52. The largest absolute Gasteiger partial charge is 0.452 e. The SMILES string of the molecule is O=C(COC(=O)c1ccc2c(c1)C(=O)N(C[C@@H]1CCCO1)C2=O)Nc1ccccc1. The first-order valence-electron chi connectivity index (χ1n) is 9.67. The summed E-state index contributed by atoms with van der Waals surface area (Å²) in [6.45, 7) is 0.357. The third-order valence-electron chi connectivity index (χ3n) is 5.01. The molecule has 2 aromatic rings. The van der Waals surface area contributed by atoms with Crippen molar-refractivity contribution in [2.24, 2.45) is 0 Å². The number of rotatable bonds is 6. The second kappa shape index (κ2) is 8.46. The molecule has 3 amide bonds. The van der Waals surface area contributed by atoms with Crippen LogP contribution in [0.3, 0.4) is 0 Å². The van der Waals surface area contributed by atoms with E-state index in [9.17, 15) is 19.2 Å². The molecule has 0 aliphatic carbocycles. The molecule has 1 N–H and O–H groups in total. The number of carbonyl (C=O) groups excluding carboxylic acids is 4. The quantitative estimate of drug-likeness (QED) is 0.581. The third kappa shape index (κ3) is 4.08. The molecule has 30 heavy (non-hydrogen) atoms. The Kier molecular flexibility index (Phi) is 5.58. The fourth-order valence-electron chi connectivity index (χ4n) is 3.51. The fourth-order valence-corrected chi connectivity index (χ4v) is 3.51. The molecular formula is C22H20N2O6. The molecule has 1 fully saturated rings. The van der Waals surface area contributed by atoms with Crippen molar-refractivity contribution in [1.29, 1.82) is 0 Å². The molecule has 2 aliphatic rings. The number of nitrogens with zero attached hydrogens (tertiary/aromatic N) is 1. The lowest BCUT2D eigenvalue weighted by molar-refractivity contribution is -0.119. The predicted octanol–water partition coefficient (Wildman–Crippen LogP) is 2.26. The van der Waals surface area contributed by atoms with E-state index in [0.29, 0.717) is 12.3 Å². The zero-order valence-corrected chi connectivity index (χ0v) is 16.1. The molecule has 8 nitrogen and oxygen atoms in total. The lowest BCUT2D eigenvalue weighted by atomic mass is 10.1. The Balaban J connectivity index is 1.39. The maximum Gasteiger partial charge on any atom is 0.338 e. The van der Waals surface area contributed by atoms with Crippen molar-refractivity contribution < 1.29 is 28.7 Å². The van der Waals surface area contributed by atoms with Crippen LogP contribution < -0.4 is 5.32 Å². The van der Waals surface area contributed by atoms with Crippen molar-refractivity contribution in [3.8, 4) is 0 Å². The van der Waals surface area contributed by atoms with E-state index in [1.54, 1.807) is 24.3 Å². The molecule has 8 heteroatoms. The van der Waals surface area contributed by atoms with Gasteiger partial charge in [0.25, 0.3) is 17.7 Å². The van der Waals surface area contributed by atoms with Gasteiger partial charge in [-0.1, -0.05) is 18.2 Å². The number of para-hydroxylation sites is 1. The van der Waals surface area contributed by atoms with Gasteiger partial charge in [0.15, 0.2) is 6.61 Å². The normalized spacial score (nSPS) is 17.7. The van der Waals surface area contributed by atoms with Gasteiger partial charge in [-0.3, -0.25) is 19.3 Å². The summed E-state index contributed by atoms with van der Waals surface area (Å²) in [6.07, 6.45) is 1.55. The minimum absolute atomic E-state index is 0.0985. The Labute approximate surface area is 172 Å². The average molecular weight is 408 g/mol. The van der Waals surface area contributed by atoms with Gasteiger partial charge in [-0.05, 0) is 43.2 Å². The van der Waals surface area contributed by atoms with Crippen LogP contribution in [0, 0.1) is 0 Å². The Morgan fingerprint density at radius 3 is 2.57 bits per heavy atom. The van der Waals surface area contributed by atoms with Crippen LogP contribution in [0.1, 0.15) is 43.9 Å². The maximum absolute atomic E-state index is 12.7. The van der Waals surface area contributed by atoms with Crippen LogP contribution in [0.25, 0.3) is 0 Å². The number of hydrogen-bond donors (Lipinski definition) is 1. The van der Waals surface area contributed by atoms with Crippen LogP contribution >= 0.6 is 0 Å². The highest BCUT2D eigenvalue weighted by Crippen LogP contribution is 2.26. The van der Waals surface area contributed by atoms with E-state index in [1.165, 1.54) is 18.2 Å². The number of ether oxygens (including phenoxy) is 2. The number of carbonyl (C=O) groups is 4. The van der Waals surface area contributed by atoms with Gasteiger partial charge in [0.2, 0.25) is 0 Å². The molecule has 0 saturated carbocycles. The number of benzene rings is 2. The number of anilines is 1. The summed E-state index contributed by atoms with van der Waals surface area (Å²) in [5, 5.41) is 2.61. The highest BCUT2D eigenvalue weighted by Gasteiger charge is 2.38. The monoisotopic (exact) mass is 408 g/mol. The van der Waals surface area contributed by atoms with Gasteiger partial charge >= 0.3 is 5.97 Å². The van der Waals surface area contributed by atoms with E-state index in [4.69, 9.17) is 9.47 Å². The lowest BCUT2D eigenvalue weighted by Crippen LogP contribution is -2.36. The number of amides is 3. The second-order valence-electron chi connectivity index (χ2n) is 7.11. The molecule has 0 radical (unpaired) electrons. The standard InChI is InChI=1S/C22H20N2O6/c25-19(23-15-5-2-1-3-6-15)13-30-22(28)14-8-9-17-18(11-14)21(27)24(20(17)26)12-16-7-4-10-29-16/h1-3,5-6,8-9,11,16H,4,7,10,12-13H2,(H,23,25)/t16-/m0/s1. The molecule has 2 aromatic carbocycles. The Morgan fingerprint density at radius 1 is 1.07 bits per heavy atom. The van der Waals surface area contributed by atoms with Gasteiger partial charge in [0.05, 0.1) is 29.3 Å². The van der Waals surface area contributed by atoms with Gasteiger partial charge in [0, 0.05) is 12.3 Å². The average Bonchev–Trinajstić information content (AvgIpc) is 3.35.